The molecule has 3 heterocycles. The third-order valence-electron chi connectivity index (χ3n) is 10.7. The third-order valence-corrected chi connectivity index (χ3v) is 10.7. The van der Waals surface area contributed by atoms with E-state index in [0.717, 1.165) is 6.42 Å². The first-order chi connectivity index (χ1) is 22.1. The van der Waals surface area contributed by atoms with Gasteiger partial charge in [0.25, 0.3) is 5.92 Å². The molecule has 1 aromatic carbocycles. The van der Waals surface area contributed by atoms with Crippen molar-refractivity contribution in [3.8, 4) is 11.6 Å². The van der Waals surface area contributed by atoms with Crippen molar-refractivity contribution in [2.24, 2.45) is 29.1 Å². The molecule has 2 aliphatic heterocycles. The second-order valence-electron chi connectivity index (χ2n) is 14.9. The molecule has 2 aromatic rings. The molecule has 3 fully saturated rings. The van der Waals surface area contributed by atoms with E-state index in [1.165, 1.54) is 37.1 Å². The summed E-state index contributed by atoms with van der Waals surface area (Å²) in [7, 11) is 1.43. The fourth-order valence-corrected chi connectivity index (χ4v) is 8.08. The Morgan fingerprint density at radius 3 is 2.53 bits per heavy atom. The molecule has 1 N–H and O–H groups in total. The minimum Gasteiger partial charge on any atom is -0.497 e. The van der Waals surface area contributed by atoms with E-state index in [2.05, 4.69) is 10.3 Å². The normalized spacial score (nSPS) is 32.6. The molecule has 2 aliphatic carbocycles. The number of ketones is 1. The Morgan fingerprint density at radius 2 is 1.85 bits per heavy atom. The van der Waals surface area contributed by atoms with Crippen LogP contribution in [0.25, 0.3) is 10.9 Å². The van der Waals surface area contributed by atoms with Gasteiger partial charge in [-0.25, -0.2) is 22.9 Å². The van der Waals surface area contributed by atoms with Crippen LogP contribution < -0.4 is 14.8 Å². The molecule has 0 spiro atoms. The van der Waals surface area contributed by atoms with Crippen LogP contribution in [0.2, 0.25) is 0 Å². The average molecular weight is 660 g/mol. The molecule has 6 rings (SSSR count). The van der Waals surface area contributed by atoms with Gasteiger partial charge >= 0.3 is 6.09 Å². The maximum absolute atomic E-state index is 16.2. The zero-order chi connectivity index (χ0) is 34.0. The number of alkyl carbamates (subject to hydrolysis) is 1. The van der Waals surface area contributed by atoms with Gasteiger partial charge in [0.05, 0.1) is 25.2 Å². The van der Waals surface area contributed by atoms with Crippen LogP contribution in [0, 0.1) is 34.9 Å². The van der Waals surface area contributed by atoms with Crippen LogP contribution in [-0.4, -0.2) is 65.6 Å². The summed E-state index contributed by atoms with van der Waals surface area (Å²) in [6.45, 7) is 8.27. The molecule has 4 aliphatic rings. The molecule has 2 bridgehead atoms. The second-order valence-corrected chi connectivity index (χ2v) is 14.9. The van der Waals surface area contributed by atoms with Gasteiger partial charge in [0.2, 0.25) is 11.8 Å². The van der Waals surface area contributed by atoms with Crippen LogP contribution >= 0.6 is 0 Å². The van der Waals surface area contributed by atoms with Crippen molar-refractivity contribution in [2.75, 3.05) is 13.7 Å². The van der Waals surface area contributed by atoms with Gasteiger partial charge < -0.3 is 24.4 Å². The monoisotopic (exact) mass is 659 g/mol. The topological polar surface area (TPSA) is 107 Å². The first-order valence-electron chi connectivity index (χ1n) is 16.6. The lowest BCUT2D eigenvalue weighted by Crippen LogP contribution is -2.57. The Kier molecular flexibility index (Phi) is 8.62. The predicted molar refractivity (Wildman–Crippen MR) is 167 cm³/mol. The van der Waals surface area contributed by atoms with E-state index < -0.39 is 71.1 Å². The van der Waals surface area contributed by atoms with Crippen molar-refractivity contribution in [1.29, 1.82) is 0 Å². The number of methoxy groups -OCH3 is 1. The van der Waals surface area contributed by atoms with Crippen LogP contribution in [0.4, 0.5) is 18.0 Å². The van der Waals surface area contributed by atoms with Crippen LogP contribution in [0.3, 0.4) is 0 Å². The molecule has 2 amide bonds. The highest BCUT2D eigenvalue weighted by Gasteiger charge is 2.55. The standard InChI is InChI=1S/C35H44F3N3O6/c1-17-26-16-41(29(17)18(2)42)32(43)30(34(3,4)5)40-33(44)47-25-14-19-13-23(19)21(25)9-7-8-12-35(37,38)27-28(36)22-11-10-20(45-6)15-24(22)39-31(27)46-26/h10-11,15,17,19,21,23,25-26,29-30H,7-9,12-14,16H2,1-6H3,(H,40,44)/t17?,19?,21-,23?,25-,26+,29+,30?/m1/s1. The number of amides is 2. The summed E-state index contributed by atoms with van der Waals surface area (Å²) in [4.78, 5) is 46.2. The maximum Gasteiger partial charge on any atom is 0.408 e. The van der Waals surface area contributed by atoms with E-state index in [9.17, 15) is 14.4 Å². The number of nitrogens with one attached hydrogen (secondary N) is 1. The van der Waals surface area contributed by atoms with Crippen molar-refractivity contribution in [1.82, 2.24) is 15.2 Å². The molecule has 2 saturated carbocycles. The van der Waals surface area contributed by atoms with Crippen molar-refractivity contribution >= 4 is 28.7 Å². The molecular formula is C35H44F3N3O6. The Labute approximate surface area is 272 Å². The van der Waals surface area contributed by atoms with Crippen LogP contribution in [0.15, 0.2) is 18.2 Å². The summed E-state index contributed by atoms with van der Waals surface area (Å²) < 4.78 is 65.9. The largest absolute Gasteiger partial charge is 0.497 e. The number of carbonyl (C=O) groups excluding carboxylic acids is 3. The number of benzene rings is 1. The van der Waals surface area contributed by atoms with Gasteiger partial charge in [-0.1, -0.05) is 34.1 Å². The van der Waals surface area contributed by atoms with E-state index in [-0.39, 0.29) is 41.7 Å². The first kappa shape index (κ1) is 33.3. The quantitative estimate of drug-likeness (QED) is 0.398. The molecule has 9 nitrogen and oxygen atoms in total. The summed E-state index contributed by atoms with van der Waals surface area (Å²) >= 11 is 0. The highest BCUT2D eigenvalue weighted by atomic mass is 19.3. The Bertz CT molecular complexity index is 1580. The average Bonchev–Trinajstić information content (AvgIpc) is 3.55. The third kappa shape index (κ3) is 6.24. The van der Waals surface area contributed by atoms with Gasteiger partial charge in [0.1, 0.15) is 35.4 Å². The Hall–Kier alpha value is -3.57. The zero-order valence-corrected chi connectivity index (χ0v) is 27.8. The van der Waals surface area contributed by atoms with E-state index in [4.69, 9.17) is 14.2 Å². The number of rotatable bonds is 2. The Balaban J connectivity index is 1.43. The number of fused-ring (bicyclic) bond motifs is 7. The fraction of sp³-hybridized carbons (Fsp3) is 0.657. The van der Waals surface area contributed by atoms with Crippen LogP contribution in [0.5, 0.6) is 11.6 Å². The molecule has 0 radical (unpaired) electrons. The van der Waals surface area contributed by atoms with E-state index in [1.807, 2.05) is 0 Å². The molecule has 8 atom stereocenters. The predicted octanol–water partition coefficient (Wildman–Crippen LogP) is 6.40. The molecule has 256 valence electrons. The number of alkyl halides is 2. The van der Waals surface area contributed by atoms with Crippen LogP contribution in [0.1, 0.15) is 78.7 Å². The van der Waals surface area contributed by atoms with Gasteiger partial charge in [-0.2, -0.15) is 0 Å². The molecule has 12 heteroatoms. The molecule has 47 heavy (non-hydrogen) atoms. The summed E-state index contributed by atoms with van der Waals surface area (Å²) in [6, 6.07) is 2.25. The van der Waals surface area contributed by atoms with Crippen molar-refractivity contribution in [2.45, 2.75) is 103 Å². The number of aromatic nitrogens is 1. The summed E-state index contributed by atoms with van der Waals surface area (Å²) in [5.74, 6) is -5.66. The summed E-state index contributed by atoms with van der Waals surface area (Å²) in [6.07, 6.45) is 0.160. The number of nitrogens with zero attached hydrogens (tertiary/aromatic N) is 2. The van der Waals surface area contributed by atoms with Gasteiger partial charge in [0.15, 0.2) is 5.78 Å². The number of halogens is 3. The maximum atomic E-state index is 16.2. The lowest BCUT2D eigenvalue weighted by molar-refractivity contribution is -0.141. The number of hydrogen-bond donors (Lipinski definition) is 1. The summed E-state index contributed by atoms with van der Waals surface area (Å²) in [5.41, 5.74) is -1.63. The van der Waals surface area contributed by atoms with Gasteiger partial charge in [0, 0.05) is 23.8 Å². The van der Waals surface area contributed by atoms with E-state index in [1.54, 1.807) is 27.7 Å². The number of hydrogen-bond acceptors (Lipinski definition) is 7. The molecular weight excluding hydrogens is 615 g/mol. The van der Waals surface area contributed by atoms with E-state index >= 15 is 13.2 Å². The molecule has 4 unspecified atom stereocenters. The van der Waals surface area contributed by atoms with Crippen molar-refractivity contribution in [3.05, 3.63) is 29.6 Å². The molecule has 1 aromatic heterocycles. The van der Waals surface area contributed by atoms with Gasteiger partial charge in [-0.15, -0.1) is 0 Å². The SMILES string of the molecule is COc1ccc2c(F)c3c(nc2c1)O[C@H]1CN(C(=O)C(C(C)(C)C)NC(=O)O[C@@H]2CC4CC4[C@H]2CCCCC3(F)F)[C@H](C(C)=O)C1C. The number of ether oxygens (including phenoxy) is 3. The highest BCUT2D eigenvalue weighted by Crippen LogP contribution is 2.58. The first-order valence-corrected chi connectivity index (χ1v) is 16.6. The summed E-state index contributed by atoms with van der Waals surface area (Å²) in [5, 5.41) is 2.70. The van der Waals surface area contributed by atoms with E-state index in [0.29, 0.717) is 36.8 Å². The second kappa shape index (κ2) is 12.1. The van der Waals surface area contributed by atoms with Crippen molar-refractivity contribution < 1.29 is 41.8 Å². The lowest BCUT2D eigenvalue weighted by atomic mass is 9.85. The fourth-order valence-electron chi connectivity index (χ4n) is 8.08. The Morgan fingerprint density at radius 1 is 1.11 bits per heavy atom. The molecule has 1 saturated heterocycles. The van der Waals surface area contributed by atoms with Crippen molar-refractivity contribution in [3.63, 3.8) is 0 Å². The lowest BCUT2D eigenvalue weighted by Gasteiger charge is -2.35. The highest BCUT2D eigenvalue weighted by molar-refractivity contribution is 5.92. The number of Topliss-reactive ketones (excluding diaryl/α,β-unsaturated/α-hetero) is 1. The van der Waals surface area contributed by atoms with Gasteiger partial charge in [-0.3, -0.25) is 9.59 Å². The zero-order valence-electron chi connectivity index (χ0n) is 27.8. The minimum absolute atomic E-state index is 0.0253. The minimum atomic E-state index is -3.63. The van der Waals surface area contributed by atoms with Crippen LogP contribution in [-0.2, 0) is 20.2 Å². The number of carbonyl (C=O) groups is 3. The van der Waals surface area contributed by atoms with Gasteiger partial charge in [-0.05, 0) is 67.9 Å². The smallest absolute Gasteiger partial charge is 0.408 e. The number of pyridine rings is 1.